The summed E-state index contributed by atoms with van der Waals surface area (Å²) in [5, 5.41) is 7.68. The maximum atomic E-state index is 12.0. The lowest BCUT2D eigenvalue weighted by Crippen LogP contribution is -2.25. The molecule has 0 aliphatic heterocycles. The van der Waals surface area contributed by atoms with Crippen LogP contribution in [0.2, 0.25) is 0 Å². The second kappa shape index (κ2) is 9.08. The summed E-state index contributed by atoms with van der Waals surface area (Å²) in [5.41, 5.74) is 0.718. The van der Waals surface area contributed by atoms with Crippen molar-refractivity contribution in [1.29, 1.82) is 0 Å². The molecule has 0 saturated carbocycles. The Balaban J connectivity index is 1.71. The molecule has 1 aromatic heterocycles. The van der Waals surface area contributed by atoms with Gasteiger partial charge in [0.15, 0.2) is 0 Å². The van der Waals surface area contributed by atoms with Gasteiger partial charge in [0.2, 0.25) is 11.8 Å². The van der Waals surface area contributed by atoms with Crippen molar-refractivity contribution in [3.8, 4) is 5.75 Å². The summed E-state index contributed by atoms with van der Waals surface area (Å²) in [6, 6.07) is 11.1. The summed E-state index contributed by atoms with van der Waals surface area (Å²) >= 11 is 1.61. The summed E-state index contributed by atoms with van der Waals surface area (Å²) in [6.45, 7) is 2.44. The summed E-state index contributed by atoms with van der Waals surface area (Å²) < 4.78 is 5.08. The minimum Gasteiger partial charge on any atom is -0.497 e. The molecule has 24 heavy (non-hydrogen) atoms. The van der Waals surface area contributed by atoms with Crippen molar-refractivity contribution < 1.29 is 14.3 Å². The molecule has 0 aliphatic carbocycles. The van der Waals surface area contributed by atoms with E-state index in [-0.39, 0.29) is 17.7 Å². The zero-order valence-electron chi connectivity index (χ0n) is 13.9. The number of amides is 2. The van der Waals surface area contributed by atoms with Crippen LogP contribution in [-0.2, 0) is 16.1 Å². The average Bonchev–Trinajstić information content (AvgIpc) is 3.07. The van der Waals surface area contributed by atoms with E-state index in [2.05, 4.69) is 10.6 Å². The van der Waals surface area contributed by atoms with Crippen molar-refractivity contribution in [2.24, 2.45) is 5.92 Å². The lowest BCUT2D eigenvalue weighted by molar-refractivity contribution is -0.122. The highest BCUT2D eigenvalue weighted by Gasteiger charge is 2.13. The van der Waals surface area contributed by atoms with Crippen molar-refractivity contribution in [1.82, 2.24) is 5.32 Å². The molecule has 0 aliphatic rings. The number of hydrogen-bond donors (Lipinski definition) is 2. The first-order valence-corrected chi connectivity index (χ1v) is 8.67. The third-order valence-corrected chi connectivity index (χ3v) is 4.36. The van der Waals surface area contributed by atoms with Crippen molar-refractivity contribution in [2.45, 2.75) is 26.3 Å². The maximum absolute atomic E-state index is 12.0. The number of carbonyl (C=O) groups excluding carboxylic acids is 2. The number of benzene rings is 1. The van der Waals surface area contributed by atoms with E-state index in [0.29, 0.717) is 19.4 Å². The Morgan fingerprint density at radius 3 is 2.46 bits per heavy atom. The van der Waals surface area contributed by atoms with E-state index in [0.717, 1.165) is 16.3 Å². The number of hydrogen-bond acceptors (Lipinski definition) is 4. The quantitative estimate of drug-likeness (QED) is 0.769. The number of rotatable bonds is 8. The lowest BCUT2D eigenvalue weighted by atomic mass is 10.0. The average molecular weight is 346 g/mol. The lowest BCUT2D eigenvalue weighted by Gasteiger charge is -2.12. The van der Waals surface area contributed by atoms with Crippen molar-refractivity contribution >= 4 is 28.8 Å². The Labute approximate surface area is 146 Å². The normalized spacial score (nSPS) is 11.6. The van der Waals surface area contributed by atoms with Gasteiger partial charge in [0.05, 0.1) is 13.7 Å². The predicted octanol–water partition coefficient (Wildman–Crippen LogP) is 3.43. The molecule has 0 radical (unpaired) electrons. The van der Waals surface area contributed by atoms with E-state index in [1.54, 1.807) is 42.7 Å². The van der Waals surface area contributed by atoms with Crippen LogP contribution in [0, 0.1) is 5.92 Å². The van der Waals surface area contributed by atoms with Gasteiger partial charge in [-0.05, 0) is 41.6 Å². The smallest absolute Gasteiger partial charge is 0.224 e. The van der Waals surface area contributed by atoms with Crippen LogP contribution in [0.5, 0.6) is 5.75 Å². The summed E-state index contributed by atoms with van der Waals surface area (Å²) in [7, 11) is 1.60. The summed E-state index contributed by atoms with van der Waals surface area (Å²) in [6.07, 6.45) is 0.639. The van der Waals surface area contributed by atoms with Crippen LogP contribution < -0.4 is 15.4 Å². The van der Waals surface area contributed by atoms with E-state index in [9.17, 15) is 9.59 Å². The van der Waals surface area contributed by atoms with Gasteiger partial charge < -0.3 is 15.4 Å². The number of ether oxygens (including phenoxy) is 1. The zero-order chi connectivity index (χ0) is 17.4. The molecule has 0 saturated heterocycles. The molecule has 0 spiro atoms. The van der Waals surface area contributed by atoms with Crippen LogP contribution in [0.4, 0.5) is 5.69 Å². The number of methoxy groups -OCH3 is 1. The van der Waals surface area contributed by atoms with Crippen LogP contribution in [0.1, 0.15) is 24.6 Å². The van der Waals surface area contributed by atoms with Gasteiger partial charge in [0.1, 0.15) is 5.75 Å². The minimum absolute atomic E-state index is 0.0217. The minimum atomic E-state index is -0.0984. The molecule has 1 atom stereocenters. The molecule has 2 N–H and O–H groups in total. The maximum Gasteiger partial charge on any atom is 0.224 e. The highest BCUT2D eigenvalue weighted by Crippen LogP contribution is 2.16. The predicted molar refractivity (Wildman–Crippen MR) is 96.2 cm³/mol. The van der Waals surface area contributed by atoms with Crippen molar-refractivity contribution in [2.75, 3.05) is 12.4 Å². The molecular formula is C18H22N2O3S. The van der Waals surface area contributed by atoms with Gasteiger partial charge in [-0.3, -0.25) is 9.59 Å². The number of thiophene rings is 1. The Morgan fingerprint density at radius 1 is 1.12 bits per heavy atom. The van der Waals surface area contributed by atoms with Gasteiger partial charge in [-0.25, -0.2) is 0 Å². The van der Waals surface area contributed by atoms with Crippen LogP contribution in [0.3, 0.4) is 0 Å². The largest absolute Gasteiger partial charge is 0.497 e. The zero-order valence-corrected chi connectivity index (χ0v) is 14.7. The van der Waals surface area contributed by atoms with Gasteiger partial charge in [-0.1, -0.05) is 13.0 Å². The second-order valence-electron chi connectivity index (χ2n) is 5.65. The molecule has 2 rings (SSSR count). The highest BCUT2D eigenvalue weighted by atomic mass is 32.1. The van der Waals surface area contributed by atoms with Gasteiger partial charge in [0, 0.05) is 23.4 Å². The molecule has 2 amide bonds. The van der Waals surface area contributed by atoms with Gasteiger partial charge in [-0.15, -0.1) is 11.3 Å². The highest BCUT2D eigenvalue weighted by molar-refractivity contribution is 7.09. The third kappa shape index (κ3) is 6.04. The fourth-order valence-electron chi connectivity index (χ4n) is 2.26. The Bertz CT molecular complexity index is 653. The van der Waals surface area contributed by atoms with Crippen LogP contribution in [0.25, 0.3) is 0 Å². The van der Waals surface area contributed by atoms with Crippen molar-refractivity contribution in [3.05, 3.63) is 46.7 Å². The van der Waals surface area contributed by atoms with Gasteiger partial charge >= 0.3 is 0 Å². The van der Waals surface area contributed by atoms with Crippen LogP contribution in [0.15, 0.2) is 41.8 Å². The Hall–Kier alpha value is -2.34. The molecule has 0 unspecified atom stereocenters. The molecule has 5 nitrogen and oxygen atoms in total. The van der Waals surface area contributed by atoms with Crippen LogP contribution >= 0.6 is 11.3 Å². The SMILES string of the molecule is COc1ccc(NC(=O)C[C@H](C)CC(=O)NCc2cccs2)cc1. The molecule has 1 aromatic carbocycles. The number of carbonyl (C=O) groups is 2. The molecule has 0 fully saturated rings. The van der Waals surface area contributed by atoms with Gasteiger partial charge in [-0.2, -0.15) is 0 Å². The number of nitrogens with one attached hydrogen (secondary N) is 2. The van der Waals surface area contributed by atoms with E-state index in [1.165, 1.54) is 0 Å². The summed E-state index contributed by atoms with van der Waals surface area (Å²) in [4.78, 5) is 25.1. The number of anilines is 1. The standard InChI is InChI=1S/C18H22N2O3S/c1-13(10-17(21)19-12-16-4-3-9-24-16)11-18(22)20-14-5-7-15(23-2)8-6-14/h3-9,13H,10-12H2,1-2H3,(H,19,21)(H,20,22)/t13-/m1/s1. The van der Waals surface area contributed by atoms with E-state index >= 15 is 0 Å². The molecule has 1 heterocycles. The second-order valence-corrected chi connectivity index (χ2v) is 6.68. The first-order valence-electron chi connectivity index (χ1n) is 7.80. The molecule has 6 heteroatoms. The third-order valence-electron chi connectivity index (χ3n) is 3.48. The monoisotopic (exact) mass is 346 g/mol. The van der Waals surface area contributed by atoms with Gasteiger partial charge in [0.25, 0.3) is 0 Å². The van der Waals surface area contributed by atoms with Crippen molar-refractivity contribution in [3.63, 3.8) is 0 Å². The van der Waals surface area contributed by atoms with Crippen LogP contribution in [-0.4, -0.2) is 18.9 Å². The topological polar surface area (TPSA) is 67.4 Å². The molecule has 128 valence electrons. The molecule has 2 aromatic rings. The summed E-state index contributed by atoms with van der Waals surface area (Å²) in [5.74, 6) is 0.585. The Morgan fingerprint density at radius 2 is 1.83 bits per heavy atom. The molecular weight excluding hydrogens is 324 g/mol. The first kappa shape index (κ1) is 18.0. The van der Waals surface area contributed by atoms with E-state index < -0.39 is 0 Å². The van der Waals surface area contributed by atoms with E-state index in [1.807, 2.05) is 24.4 Å². The Kier molecular flexibility index (Phi) is 6.81. The fourth-order valence-corrected chi connectivity index (χ4v) is 2.91. The fraction of sp³-hybridized carbons (Fsp3) is 0.333. The molecule has 0 bridgehead atoms. The first-order chi connectivity index (χ1) is 11.6. The van der Waals surface area contributed by atoms with E-state index in [4.69, 9.17) is 4.74 Å².